The number of aryl methyl sites for hydroxylation is 1. The molecule has 0 aliphatic heterocycles. The SMILES string of the molecule is Cc1cnc(C(F)(F)C(F)(F)C(F)(F)C(F)(F)C(F)(F)C(F)(F)C(F)(F)F)c2ccccc12. The second kappa shape index (κ2) is 7.29. The van der Waals surface area contributed by atoms with Crippen molar-refractivity contribution < 1.29 is 65.9 Å². The van der Waals surface area contributed by atoms with E-state index in [4.69, 9.17) is 0 Å². The van der Waals surface area contributed by atoms with Crippen LogP contribution >= 0.6 is 0 Å². The predicted octanol–water partition coefficient (Wildman–Crippen LogP) is 7.37. The molecule has 16 heteroatoms. The van der Waals surface area contributed by atoms with E-state index in [2.05, 4.69) is 4.98 Å². The highest BCUT2D eigenvalue weighted by atomic mass is 19.4. The maximum atomic E-state index is 14.5. The molecule has 0 unspecified atom stereocenters. The van der Waals surface area contributed by atoms with Crippen molar-refractivity contribution in [1.82, 2.24) is 4.98 Å². The lowest BCUT2D eigenvalue weighted by Gasteiger charge is -2.41. The van der Waals surface area contributed by atoms with Gasteiger partial charge in [-0.2, -0.15) is 65.9 Å². The molecule has 0 aliphatic carbocycles. The summed E-state index contributed by atoms with van der Waals surface area (Å²) in [5.74, 6) is -46.9. The van der Waals surface area contributed by atoms with Gasteiger partial charge in [0.1, 0.15) is 5.69 Å². The summed E-state index contributed by atoms with van der Waals surface area (Å²) in [5.41, 5.74) is -2.35. The molecule has 0 aliphatic rings. The number of fused-ring (bicyclic) bond motifs is 1. The molecule has 2 rings (SSSR count). The Bertz CT molecular complexity index is 1040. The summed E-state index contributed by atoms with van der Waals surface area (Å²) in [5, 5.41) is -1.38. The zero-order chi connectivity index (χ0) is 26.1. The lowest BCUT2D eigenvalue weighted by Crippen LogP contribution is -2.72. The maximum Gasteiger partial charge on any atom is 0.460 e. The third kappa shape index (κ3) is 3.38. The van der Waals surface area contributed by atoms with Crippen molar-refractivity contribution >= 4 is 10.8 Å². The summed E-state index contributed by atoms with van der Waals surface area (Å²) >= 11 is 0. The molecule has 0 spiro atoms. The Morgan fingerprint density at radius 3 is 1.39 bits per heavy atom. The van der Waals surface area contributed by atoms with Gasteiger partial charge in [-0.1, -0.05) is 24.3 Å². The summed E-state index contributed by atoms with van der Waals surface area (Å²) in [7, 11) is 0. The maximum absolute atomic E-state index is 14.5. The van der Waals surface area contributed by atoms with E-state index in [-0.39, 0.29) is 10.9 Å². The van der Waals surface area contributed by atoms with E-state index in [9.17, 15) is 65.9 Å². The number of aromatic nitrogens is 1. The summed E-state index contributed by atoms with van der Waals surface area (Å²) in [6.07, 6.45) is -7.23. The largest absolute Gasteiger partial charge is 0.460 e. The Morgan fingerprint density at radius 2 is 0.939 bits per heavy atom. The van der Waals surface area contributed by atoms with E-state index in [1.54, 1.807) is 0 Å². The summed E-state index contributed by atoms with van der Waals surface area (Å²) in [4.78, 5) is 2.77. The van der Waals surface area contributed by atoms with Crippen molar-refractivity contribution in [3.8, 4) is 0 Å². The van der Waals surface area contributed by atoms with Crippen LogP contribution in [0.3, 0.4) is 0 Å². The molecule has 33 heavy (non-hydrogen) atoms. The van der Waals surface area contributed by atoms with Gasteiger partial charge < -0.3 is 0 Å². The zero-order valence-corrected chi connectivity index (χ0v) is 15.5. The lowest BCUT2D eigenvalue weighted by molar-refractivity contribution is -0.453. The van der Waals surface area contributed by atoms with Crippen molar-refractivity contribution in [1.29, 1.82) is 0 Å². The molecular formula is C17H8F15N. The van der Waals surface area contributed by atoms with Gasteiger partial charge in [0.2, 0.25) is 0 Å². The average molecular weight is 511 g/mol. The first kappa shape index (κ1) is 26.8. The lowest BCUT2D eigenvalue weighted by atomic mass is 9.89. The summed E-state index contributed by atoms with van der Waals surface area (Å²) < 4.78 is 201. The van der Waals surface area contributed by atoms with Gasteiger partial charge in [0, 0.05) is 11.6 Å². The molecule has 186 valence electrons. The molecule has 0 fully saturated rings. The highest BCUT2D eigenvalue weighted by Gasteiger charge is 2.93. The van der Waals surface area contributed by atoms with Gasteiger partial charge in [-0.3, -0.25) is 4.98 Å². The molecule has 1 heterocycles. The quantitative estimate of drug-likeness (QED) is 0.369. The Morgan fingerprint density at radius 1 is 0.545 bits per heavy atom. The minimum Gasteiger partial charge on any atom is -0.254 e. The van der Waals surface area contributed by atoms with Crippen molar-refractivity contribution in [3.63, 3.8) is 0 Å². The minimum absolute atomic E-state index is 0.0121. The van der Waals surface area contributed by atoms with Crippen LogP contribution in [-0.4, -0.2) is 40.8 Å². The molecule has 1 nitrogen and oxygen atoms in total. The number of halogens is 15. The predicted molar refractivity (Wildman–Crippen MR) is 81.2 cm³/mol. The van der Waals surface area contributed by atoms with Crippen LogP contribution in [0.25, 0.3) is 10.8 Å². The van der Waals surface area contributed by atoms with E-state index in [0.29, 0.717) is 12.3 Å². The molecule has 0 radical (unpaired) electrons. The fourth-order valence-electron chi connectivity index (χ4n) is 2.70. The Balaban J connectivity index is 2.75. The van der Waals surface area contributed by atoms with Gasteiger partial charge in [-0.15, -0.1) is 0 Å². The first-order valence-electron chi connectivity index (χ1n) is 8.18. The van der Waals surface area contributed by atoms with Gasteiger partial charge in [0.25, 0.3) is 0 Å². The van der Waals surface area contributed by atoms with Crippen LogP contribution in [0.4, 0.5) is 65.9 Å². The van der Waals surface area contributed by atoms with Crippen LogP contribution in [0, 0.1) is 6.92 Å². The molecule has 1 aromatic carbocycles. The van der Waals surface area contributed by atoms with Crippen LogP contribution in [-0.2, 0) is 5.92 Å². The normalized spacial score (nSPS) is 15.3. The number of alkyl halides is 15. The second-order valence-electron chi connectivity index (χ2n) is 6.78. The second-order valence-corrected chi connectivity index (χ2v) is 6.78. The topological polar surface area (TPSA) is 12.9 Å². The fraction of sp³-hybridized carbons (Fsp3) is 0.471. The minimum atomic E-state index is -8.33. The molecule has 0 bridgehead atoms. The summed E-state index contributed by atoms with van der Waals surface area (Å²) in [6, 6.07) is 3.62. The standard InChI is InChI=1S/C17H8F15N/c1-7-6-33-10(9-5-3-2-4-8(7)9)11(18,19)12(20,21)13(22,23)14(24,25)15(26,27)16(28,29)17(30,31)32/h2-6H,1H3. The first-order chi connectivity index (χ1) is 14.5. The number of nitrogens with zero attached hydrogens (tertiary/aromatic N) is 1. The molecule has 0 saturated carbocycles. The number of hydrogen-bond donors (Lipinski definition) is 0. The van der Waals surface area contributed by atoms with Gasteiger partial charge in [-0.25, -0.2) is 0 Å². The first-order valence-corrected chi connectivity index (χ1v) is 8.18. The zero-order valence-electron chi connectivity index (χ0n) is 15.5. The number of hydrogen-bond acceptors (Lipinski definition) is 1. The Labute approximate surface area is 173 Å². The van der Waals surface area contributed by atoms with Crippen LogP contribution in [0.2, 0.25) is 0 Å². The van der Waals surface area contributed by atoms with Gasteiger partial charge in [0.05, 0.1) is 0 Å². The Hall–Kier alpha value is -2.42. The molecular weight excluding hydrogens is 503 g/mol. The van der Waals surface area contributed by atoms with Crippen molar-refractivity contribution in [3.05, 3.63) is 41.7 Å². The van der Waals surface area contributed by atoms with Crippen LogP contribution in [0.5, 0.6) is 0 Å². The van der Waals surface area contributed by atoms with E-state index in [1.165, 1.54) is 6.92 Å². The molecule has 0 N–H and O–H groups in total. The Kier molecular flexibility index (Phi) is 5.92. The van der Waals surface area contributed by atoms with E-state index < -0.39 is 52.8 Å². The number of rotatable bonds is 6. The molecule has 1 aromatic heterocycles. The van der Waals surface area contributed by atoms with Crippen molar-refractivity contribution in [2.75, 3.05) is 0 Å². The van der Waals surface area contributed by atoms with E-state index >= 15 is 0 Å². The number of pyridine rings is 1. The van der Waals surface area contributed by atoms with Crippen molar-refractivity contribution in [2.45, 2.75) is 48.6 Å². The highest BCUT2D eigenvalue weighted by molar-refractivity contribution is 5.87. The fourth-order valence-corrected chi connectivity index (χ4v) is 2.70. The molecule has 0 amide bonds. The van der Waals surface area contributed by atoms with Crippen LogP contribution in [0.1, 0.15) is 11.3 Å². The number of benzene rings is 1. The van der Waals surface area contributed by atoms with E-state index in [1.807, 2.05) is 0 Å². The third-order valence-electron chi connectivity index (χ3n) is 4.62. The highest BCUT2D eigenvalue weighted by Crippen LogP contribution is 2.63. The monoisotopic (exact) mass is 511 g/mol. The third-order valence-corrected chi connectivity index (χ3v) is 4.62. The molecule has 0 saturated heterocycles. The van der Waals surface area contributed by atoms with Crippen LogP contribution < -0.4 is 0 Å². The smallest absolute Gasteiger partial charge is 0.254 e. The van der Waals surface area contributed by atoms with Gasteiger partial charge in [-0.05, 0) is 17.9 Å². The summed E-state index contributed by atoms with van der Waals surface area (Å²) in [6.45, 7) is 1.18. The molecule has 0 atom stereocenters. The molecule has 2 aromatic rings. The van der Waals surface area contributed by atoms with Gasteiger partial charge >= 0.3 is 41.7 Å². The van der Waals surface area contributed by atoms with Crippen LogP contribution in [0.15, 0.2) is 30.5 Å². The average Bonchev–Trinajstić information content (AvgIpc) is 2.66. The van der Waals surface area contributed by atoms with Gasteiger partial charge in [0.15, 0.2) is 0 Å². The van der Waals surface area contributed by atoms with Crippen molar-refractivity contribution in [2.24, 2.45) is 0 Å². The van der Waals surface area contributed by atoms with E-state index in [0.717, 1.165) is 18.2 Å².